The van der Waals surface area contributed by atoms with Gasteiger partial charge in [0.1, 0.15) is 0 Å². The molecule has 0 unspecified atom stereocenters. The van der Waals surface area contributed by atoms with Gasteiger partial charge in [0, 0.05) is 17.8 Å². The fourth-order valence-corrected chi connectivity index (χ4v) is 3.03. The first kappa shape index (κ1) is 10.8. The summed E-state index contributed by atoms with van der Waals surface area (Å²) in [4.78, 5) is 11.4. The third kappa shape index (κ3) is 1.54. The molecule has 0 saturated heterocycles. The van der Waals surface area contributed by atoms with Crippen molar-refractivity contribution in [2.24, 2.45) is 11.3 Å². The van der Waals surface area contributed by atoms with Gasteiger partial charge >= 0.3 is 0 Å². The Morgan fingerprint density at radius 2 is 2.13 bits per heavy atom. The number of allylic oxidation sites excluding steroid dienone is 1. The molecule has 3 nitrogen and oxygen atoms in total. The molecule has 0 spiro atoms. The monoisotopic (exact) mass is 210 g/mol. The second-order valence-electron chi connectivity index (χ2n) is 5.33. The van der Waals surface area contributed by atoms with Gasteiger partial charge < -0.3 is 10.2 Å². The summed E-state index contributed by atoms with van der Waals surface area (Å²) >= 11 is 0. The summed E-state index contributed by atoms with van der Waals surface area (Å²) in [5, 5.41) is 20.3. The van der Waals surface area contributed by atoms with Crippen molar-refractivity contribution in [1.29, 1.82) is 0 Å². The quantitative estimate of drug-likeness (QED) is 0.628. The van der Waals surface area contributed by atoms with Crippen molar-refractivity contribution < 1.29 is 15.0 Å². The fraction of sp³-hybridized carbons (Fsp3) is 0.750. The van der Waals surface area contributed by atoms with E-state index in [1.54, 1.807) is 19.1 Å². The molecule has 0 radical (unpaired) electrons. The maximum absolute atomic E-state index is 11.4. The van der Waals surface area contributed by atoms with Crippen LogP contribution in [0.1, 0.15) is 33.1 Å². The summed E-state index contributed by atoms with van der Waals surface area (Å²) in [6, 6.07) is 0. The van der Waals surface area contributed by atoms with E-state index in [0.29, 0.717) is 19.3 Å². The molecule has 0 aromatic heterocycles. The Bertz CT molecular complexity index is 319. The third-order valence-corrected chi connectivity index (χ3v) is 4.18. The summed E-state index contributed by atoms with van der Waals surface area (Å²) in [7, 11) is 0. The highest BCUT2D eigenvalue weighted by molar-refractivity contribution is 5.91. The minimum atomic E-state index is -0.839. The second-order valence-corrected chi connectivity index (χ2v) is 5.33. The smallest absolute Gasteiger partial charge is 0.155 e. The van der Waals surface area contributed by atoms with Crippen molar-refractivity contribution in [2.45, 2.75) is 44.8 Å². The highest BCUT2D eigenvalue weighted by Gasteiger charge is 2.53. The van der Waals surface area contributed by atoms with Gasteiger partial charge in [0.2, 0.25) is 0 Å². The molecule has 2 N–H and O–H groups in total. The normalized spacial score (nSPS) is 50.3. The van der Waals surface area contributed by atoms with Crippen LogP contribution in [0.3, 0.4) is 0 Å². The standard InChI is InChI=1S/C12H18O3/c1-11-5-3-8(13)7-9(11)12(2,15)6-4-10(11)14/h3,5,9-10,14-15H,4,6-7H2,1-2H3/t9-,10-,11-,12+/m1/s1. The summed E-state index contributed by atoms with van der Waals surface area (Å²) in [5.41, 5.74) is -1.29. The molecule has 0 aliphatic heterocycles. The molecule has 84 valence electrons. The molecule has 0 heterocycles. The Hall–Kier alpha value is -0.670. The molecule has 0 aromatic carbocycles. The summed E-state index contributed by atoms with van der Waals surface area (Å²) in [6.07, 6.45) is 4.38. The van der Waals surface area contributed by atoms with Gasteiger partial charge in [-0.2, -0.15) is 0 Å². The number of hydrogen-bond acceptors (Lipinski definition) is 3. The average molecular weight is 210 g/mol. The molecule has 0 bridgehead atoms. The largest absolute Gasteiger partial charge is 0.392 e. The molecule has 1 saturated carbocycles. The van der Waals surface area contributed by atoms with E-state index < -0.39 is 17.1 Å². The maximum Gasteiger partial charge on any atom is 0.155 e. The predicted octanol–water partition coefficient (Wildman–Crippen LogP) is 1.04. The van der Waals surface area contributed by atoms with Crippen LogP contribution in [0.4, 0.5) is 0 Å². The Balaban J connectivity index is 2.42. The number of aliphatic hydroxyl groups is 2. The Kier molecular flexibility index (Phi) is 2.28. The first-order valence-electron chi connectivity index (χ1n) is 5.49. The highest BCUT2D eigenvalue weighted by Crippen LogP contribution is 2.50. The lowest BCUT2D eigenvalue weighted by atomic mass is 9.56. The van der Waals surface area contributed by atoms with E-state index in [9.17, 15) is 15.0 Å². The SMILES string of the molecule is C[C@@]12C=CC(=O)C[C@H]1[C@@](C)(O)CC[C@H]2O. The van der Waals surface area contributed by atoms with Gasteiger partial charge in [-0.3, -0.25) is 4.79 Å². The predicted molar refractivity (Wildman–Crippen MR) is 56.2 cm³/mol. The zero-order valence-corrected chi connectivity index (χ0v) is 9.23. The lowest BCUT2D eigenvalue weighted by molar-refractivity contribution is -0.146. The van der Waals surface area contributed by atoms with E-state index in [2.05, 4.69) is 0 Å². The first-order chi connectivity index (χ1) is 6.86. The van der Waals surface area contributed by atoms with Gasteiger partial charge in [0.15, 0.2) is 5.78 Å². The highest BCUT2D eigenvalue weighted by atomic mass is 16.3. The molecule has 3 heteroatoms. The Morgan fingerprint density at radius 3 is 2.80 bits per heavy atom. The van der Waals surface area contributed by atoms with E-state index in [0.717, 1.165) is 0 Å². The van der Waals surface area contributed by atoms with E-state index in [-0.39, 0.29) is 11.7 Å². The van der Waals surface area contributed by atoms with E-state index in [1.807, 2.05) is 6.92 Å². The molecule has 15 heavy (non-hydrogen) atoms. The molecule has 2 rings (SSSR count). The minimum absolute atomic E-state index is 0.0480. The Morgan fingerprint density at radius 1 is 1.47 bits per heavy atom. The zero-order chi connectivity index (χ0) is 11.3. The topological polar surface area (TPSA) is 57.5 Å². The van der Waals surface area contributed by atoms with Crippen molar-refractivity contribution in [1.82, 2.24) is 0 Å². The van der Waals surface area contributed by atoms with Crippen molar-refractivity contribution >= 4 is 5.78 Å². The van der Waals surface area contributed by atoms with Gasteiger partial charge in [0.25, 0.3) is 0 Å². The first-order valence-corrected chi connectivity index (χ1v) is 5.49. The summed E-state index contributed by atoms with van der Waals surface area (Å²) in [6.45, 7) is 3.70. The van der Waals surface area contributed by atoms with Crippen molar-refractivity contribution in [2.75, 3.05) is 0 Å². The van der Waals surface area contributed by atoms with Crippen LogP contribution in [0, 0.1) is 11.3 Å². The molecular weight excluding hydrogens is 192 g/mol. The van der Waals surface area contributed by atoms with Gasteiger partial charge in [-0.1, -0.05) is 13.0 Å². The van der Waals surface area contributed by atoms with Crippen LogP contribution in [0.2, 0.25) is 0 Å². The van der Waals surface area contributed by atoms with E-state index >= 15 is 0 Å². The molecular formula is C12H18O3. The Labute approximate surface area is 89.8 Å². The van der Waals surface area contributed by atoms with E-state index in [4.69, 9.17) is 0 Å². The lowest BCUT2D eigenvalue weighted by Crippen LogP contribution is -2.55. The molecule has 0 amide bonds. The van der Waals surface area contributed by atoms with Gasteiger partial charge in [-0.15, -0.1) is 0 Å². The molecule has 0 aromatic rings. The molecule has 4 atom stereocenters. The van der Waals surface area contributed by atoms with Gasteiger partial charge in [-0.05, 0) is 25.8 Å². The number of fused-ring (bicyclic) bond motifs is 1. The number of carbonyl (C=O) groups is 1. The second kappa shape index (κ2) is 3.16. The van der Waals surface area contributed by atoms with E-state index in [1.165, 1.54) is 0 Å². The number of carbonyl (C=O) groups excluding carboxylic acids is 1. The van der Waals surface area contributed by atoms with Crippen LogP contribution < -0.4 is 0 Å². The van der Waals surface area contributed by atoms with Crippen LogP contribution in [-0.2, 0) is 4.79 Å². The molecule has 1 fully saturated rings. The van der Waals surface area contributed by atoms with Gasteiger partial charge in [-0.25, -0.2) is 0 Å². The molecule has 2 aliphatic carbocycles. The summed E-state index contributed by atoms with van der Waals surface area (Å²) in [5.74, 6) is -0.113. The average Bonchev–Trinajstić information content (AvgIpc) is 2.16. The number of ketones is 1. The lowest BCUT2D eigenvalue weighted by Gasteiger charge is -2.52. The fourth-order valence-electron chi connectivity index (χ4n) is 3.03. The van der Waals surface area contributed by atoms with Crippen LogP contribution in [0.5, 0.6) is 0 Å². The number of aliphatic hydroxyl groups excluding tert-OH is 1. The van der Waals surface area contributed by atoms with Crippen LogP contribution in [0.15, 0.2) is 12.2 Å². The maximum atomic E-state index is 11.4. The third-order valence-electron chi connectivity index (χ3n) is 4.18. The van der Waals surface area contributed by atoms with Crippen molar-refractivity contribution in [3.63, 3.8) is 0 Å². The van der Waals surface area contributed by atoms with Gasteiger partial charge in [0.05, 0.1) is 11.7 Å². The number of hydrogen-bond donors (Lipinski definition) is 2. The van der Waals surface area contributed by atoms with Crippen LogP contribution in [0.25, 0.3) is 0 Å². The number of rotatable bonds is 0. The van der Waals surface area contributed by atoms with Crippen molar-refractivity contribution in [3.05, 3.63) is 12.2 Å². The molecule has 2 aliphatic rings. The van der Waals surface area contributed by atoms with Crippen LogP contribution in [-0.4, -0.2) is 27.7 Å². The van der Waals surface area contributed by atoms with Crippen LogP contribution >= 0.6 is 0 Å². The zero-order valence-electron chi connectivity index (χ0n) is 9.23. The summed E-state index contributed by atoms with van der Waals surface area (Å²) < 4.78 is 0. The van der Waals surface area contributed by atoms with Crippen molar-refractivity contribution in [3.8, 4) is 0 Å². The minimum Gasteiger partial charge on any atom is -0.392 e.